The fourth-order valence-electron chi connectivity index (χ4n) is 3.43. The summed E-state index contributed by atoms with van der Waals surface area (Å²) in [4.78, 5) is 12.6. The van der Waals surface area contributed by atoms with Crippen LogP contribution in [0.15, 0.2) is 23.1 Å². The number of carbonyl (C=O) groups excluding carboxylic acids is 1. The summed E-state index contributed by atoms with van der Waals surface area (Å²) in [6.45, 7) is 1.07. The van der Waals surface area contributed by atoms with Crippen LogP contribution in [0.2, 0.25) is 5.02 Å². The van der Waals surface area contributed by atoms with Gasteiger partial charge in [0, 0.05) is 19.1 Å². The van der Waals surface area contributed by atoms with Gasteiger partial charge in [-0.1, -0.05) is 30.9 Å². The van der Waals surface area contributed by atoms with E-state index in [4.69, 9.17) is 11.6 Å². The minimum atomic E-state index is -3.57. The maximum atomic E-state index is 12.8. The van der Waals surface area contributed by atoms with Crippen molar-refractivity contribution in [2.24, 2.45) is 0 Å². The summed E-state index contributed by atoms with van der Waals surface area (Å²) in [5, 5.41) is 3.24. The normalized spacial score (nSPS) is 20.2. The van der Waals surface area contributed by atoms with E-state index in [1.54, 1.807) is 0 Å². The molecule has 1 aromatic rings. The summed E-state index contributed by atoms with van der Waals surface area (Å²) >= 11 is 6.14. The van der Waals surface area contributed by atoms with Gasteiger partial charge in [-0.25, -0.2) is 8.42 Å². The molecular weight excluding hydrogens is 348 g/mol. The summed E-state index contributed by atoms with van der Waals surface area (Å²) in [7, 11) is -3.57. The lowest BCUT2D eigenvalue weighted by Crippen LogP contribution is -2.36. The number of halogens is 1. The Labute approximate surface area is 148 Å². The highest BCUT2D eigenvalue weighted by molar-refractivity contribution is 7.89. The van der Waals surface area contributed by atoms with Crippen LogP contribution in [0, 0.1) is 0 Å². The summed E-state index contributed by atoms with van der Waals surface area (Å²) in [5.41, 5.74) is 0.238. The van der Waals surface area contributed by atoms with Gasteiger partial charge in [-0.2, -0.15) is 4.31 Å². The maximum Gasteiger partial charge on any atom is 0.253 e. The molecule has 1 heterocycles. The van der Waals surface area contributed by atoms with Crippen molar-refractivity contribution in [1.29, 1.82) is 0 Å². The summed E-state index contributed by atoms with van der Waals surface area (Å²) in [5.74, 6) is -0.289. The molecule has 1 aliphatic carbocycles. The van der Waals surface area contributed by atoms with Crippen LogP contribution in [-0.2, 0) is 10.0 Å². The topological polar surface area (TPSA) is 66.5 Å². The van der Waals surface area contributed by atoms with Crippen LogP contribution in [-0.4, -0.2) is 37.8 Å². The molecule has 1 saturated carbocycles. The zero-order valence-electron chi connectivity index (χ0n) is 13.6. The molecule has 2 aliphatic rings. The summed E-state index contributed by atoms with van der Waals surface area (Å²) in [6, 6.07) is 4.56. The lowest BCUT2D eigenvalue weighted by molar-refractivity contribution is 0.0938. The van der Waals surface area contributed by atoms with Crippen molar-refractivity contribution in [2.45, 2.75) is 55.9 Å². The van der Waals surface area contributed by atoms with Crippen molar-refractivity contribution in [2.75, 3.05) is 13.1 Å². The first-order valence-electron chi connectivity index (χ1n) is 8.59. The highest BCUT2D eigenvalue weighted by Gasteiger charge is 2.27. The number of nitrogens with one attached hydrogen (secondary N) is 1. The SMILES string of the molecule is O=C(NC1CCCC1)c1cc(S(=O)(=O)N2CCCCC2)ccc1Cl. The molecular formula is C17H23ClN2O3S. The number of nitrogens with zero attached hydrogens (tertiary/aromatic N) is 1. The van der Waals surface area contributed by atoms with E-state index in [-0.39, 0.29) is 27.4 Å². The third-order valence-electron chi connectivity index (χ3n) is 4.83. The molecule has 0 aromatic heterocycles. The minimum Gasteiger partial charge on any atom is -0.349 e. The second kappa shape index (κ2) is 7.42. The maximum absolute atomic E-state index is 12.8. The minimum absolute atomic E-state index is 0.144. The Kier molecular flexibility index (Phi) is 5.47. The van der Waals surface area contributed by atoms with Crippen molar-refractivity contribution in [1.82, 2.24) is 9.62 Å². The van der Waals surface area contributed by atoms with E-state index < -0.39 is 10.0 Å². The molecule has 132 valence electrons. The van der Waals surface area contributed by atoms with Crippen LogP contribution in [0.5, 0.6) is 0 Å². The zero-order chi connectivity index (χ0) is 17.2. The first-order chi connectivity index (χ1) is 11.5. The van der Waals surface area contributed by atoms with E-state index in [0.29, 0.717) is 13.1 Å². The number of benzene rings is 1. The molecule has 0 atom stereocenters. The molecule has 1 aromatic carbocycles. The number of rotatable bonds is 4. The van der Waals surface area contributed by atoms with Crippen molar-refractivity contribution >= 4 is 27.5 Å². The highest BCUT2D eigenvalue weighted by atomic mass is 35.5. The van der Waals surface area contributed by atoms with Crippen LogP contribution < -0.4 is 5.32 Å². The number of amides is 1. The average Bonchev–Trinajstić information content (AvgIpc) is 3.08. The van der Waals surface area contributed by atoms with Gasteiger partial charge in [0.15, 0.2) is 0 Å². The molecule has 7 heteroatoms. The Bertz CT molecular complexity index is 709. The van der Waals surface area contributed by atoms with Crippen LogP contribution in [0.25, 0.3) is 0 Å². The predicted molar refractivity (Wildman–Crippen MR) is 93.8 cm³/mol. The van der Waals surface area contributed by atoms with Crippen molar-refractivity contribution in [3.8, 4) is 0 Å². The zero-order valence-corrected chi connectivity index (χ0v) is 15.2. The van der Waals surface area contributed by atoms with Crippen LogP contribution in [0.3, 0.4) is 0 Å². The number of piperidine rings is 1. The summed E-state index contributed by atoms with van der Waals surface area (Å²) < 4.78 is 27.0. The van der Waals surface area contributed by atoms with E-state index in [1.807, 2.05) is 0 Å². The molecule has 2 fully saturated rings. The Morgan fingerprint density at radius 3 is 2.42 bits per heavy atom. The lowest BCUT2D eigenvalue weighted by atomic mass is 10.2. The third kappa shape index (κ3) is 3.76. The van der Waals surface area contributed by atoms with Crippen LogP contribution in [0.1, 0.15) is 55.3 Å². The van der Waals surface area contributed by atoms with E-state index in [9.17, 15) is 13.2 Å². The molecule has 0 radical (unpaired) electrons. The van der Waals surface area contributed by atoms with Crippen LogP contribution in [0.4, 0.5) is 0 Å². The molecule has 0 unspecified atom stereocenters. The number of sulfonamides is 1. The molecule has 1 aliphatic heterocycles. The predicted octanol–water partition coefficient (Wildman–Crippen LogP) is 3.19. The third-order valence-corrected chi connectivity index (χ3v) is 7.05. The van der Waals surface area contributed by atoms with E-state index in [1.165, 1.54) is 22.5 Å². The molecule has 5 nitrogen and oxygen atoms in total. The average molecular weight is 371 g/mol. The van der Waals surface area contributed by atoms with Gasteiger partial charge in [0.2, 0.25) is 10.0 Å². The largest absolute Gasteiger partial charge is 0.349 e. The Morgan fingerprint density at radius 2 is 1.75 bits per heavy atom. The van der Waals surface area contributed by atoms with Gasteiger partial charge < -0.3 is 5.32 Å². The molecule has 3 rings (SSSR count). The number of hydrogen-bond acceptors (Lipinski definition) is 3. The smallest absolute Gasteiger partial charge is 0.253 e. The van der Waals surface area contributed by atoms with Gasteiger partial charge >= 0.3 is 0 Å². The van der Waals surface area contributed by atoms with Crippen molar-refractivity contribution in [3.05, 3.63) is 28.8 Å². The van der Waals surface area contributed by atoms with Gasteiger partial charge in [-0.05, 0) is 43.9 Å². The highest BCUT2D eigenvalue weighted by Crippen LogP contribution is 2.26. The molecule has 0 spiro atoms. The van der Waals surface area contributed by atoms with Gasteiger partial charge in [0.05, 0.1) is 15.5 Å². The standard InChI is InChI=1S/C17H23ClN2O3S/c18-16-9-8-14(24(22,23)20-10-4-1-5-11-20)12-15(16)17(21)19-13-6-2-3-7-13/h8-9,12-13H,1-7,10-11H2,(H,19,21). The number of carbonyl (C=O) groups is 1. The molecule has 24 heavy (non-hydrogen) atoms. The van der Waals surface area contributed by atoms with Crippen molar-refractivity contribution < 1.29 is 13.2 Å². The molecule has 1 saturated heterocycles. The number of hydrogen-bond donors (Lipinski definition) is 1. The first-order valence-corrected chi connectivity index (χ1v) is 10.4. The van der Waals surface area contributed by atoms with E-state index in [2.05, 4.69) is 5.32 Å². The Balaban J connectivity index is 1.83. The quantitative estimate of drug-likeness (QED) is 0.885. The second-order valence-corrected chi connectivity index (χ2v) is 8.91. The van der Waals surface area contributed by atoms with Gasteiger partial charge in [-0.3, -0.25) is 4.79 Å². The van der Waals surface area contributed by atoms with E-state index >= 15 is 0 Å². The van der Waals surface area contributed by atoms with Gasteiger partial charge in [0.25, 0.3) is 5.91 Å². The first kappa shape index (κ1) is 17.7. The van der Waals surface area contributed by atoms with Gasteiger partial charge in [0.1, 0.15) is 0 Å². The Morgan fingerprint density at radius 1 is 1.08 bits per heavy atom. The Hall–Kier alpha value is -1.11. The molecule has 1 N–H and O–H groups in total. The summed E-state index contributed by atoms with van der Waals surface area (Å²) in [6.07, 6.45) is 6.97. The fourth-order valence-corrected chi connectivity index (χ4v) is 5.17. The van der Waals surface area contributed by atoms with Crippen LogP contribution >= 0.6 is 11.6 Å². The molecule has 1 amide bonds. The van der Waals surface area contributed by atoms with Crippen molar-refractivity contribution in [3.63, 3.8) is 0 Å². The second-order valence-electron chi connectivity index (χ2n) is 6.56. The monoisotopic (exact) mass is 370 g/mol. The fraction of sp³-hybridized carbons (Fsp3) is 0.588. The van der Waals surface area contributed by atoms with E-state index in [0.717, 1.165) is 44.9 Å². The molecule has 0 bridgehead atoms. The van der Waals surface area contributed by atoms with Gasteiger partial charge in [-0.15, -0.1) is 0 Å². The lowest BCUT2D eigenvalue weighted by Gasteiger charge is -2.26.